The second-order valence-electron chi connectivity index (χ2n) is 5.15. The maximum Gasteiger partial charge on any atom is 0.221 e. The smallest absolute Gasteiger partial charge is 0.221 e. The fourth-order valence-electron chi connectivity index (χ4n) is 2.55. The quantitative estimate of drug-likeness (QED) is 0.781. The van der Waals surface area contributed by atoms with E-state index in [1.54, 1.807) is 7.11 Å². The molecule has 1 fully saturated rings. The number of benzene rings is 1. The summed E-state index contributed by atoms with van der Waals surface area (Å²) in [4.78, 5) is 13.5. The number of amides is 1. The van der Waals surface area contributed by atoms with Gasteiger partial charge in [-0.15, -0.1) is 0 Å². The molecule has 4 N–H and O–H groups in total. The lowest BCUT2D eigenvalue weighted by atomic mass is 10.1. The third kappa shape index (κ3) is 3.97. The molecule has 0 saturated carbocycles. The van der Waals surface area contributed by atoms with Crippen molar-refractivity contribution in [1.82, 2.24) is 4.90 Å². The number of carbonyl (C=O) groups is 1. The second kappa shape index (κ2) is 7.11. The van der Waals surface area contributed by atoms with Crippen LogP contribution in [0.4, 0.5) is 0 Å². The van der Waals surface area contributed by atoms with Gasteiger partial charge >= 0.3 is 0 Å². The first kappa shape index (κ1) is 15.4. The van der Waals surface area contributed by atoms with Gasteiger partial charge in [-0.1, -0.05) is 11.8 Å². The molecule has 0 aromatic heterocycles. The predicted molar refractivity (Wildman–Crippen MR) is 81.5 cm³/mol. The molecule has 1 aliphatic rings. The molecule has 1 atom stereocenters. The van der Waals surface area contributed by atoms with Crippen molar-refractivity contribution in [3.05, 3.63) is 29.3 Å². The molecule has 1 unspecified atom stereocenters. The molecular formula is C16H21N3O2. The summed E-state index contributed by atoms with van der Waals surface area (Å²) in [6.45, 7) is 2.64. The van der Waals surface area contributed by atoms with E-state index in [9.17, 15) is 4.79 Å². The fraction of sp³-hybridized carbons (Fsp3) is 0.438. The number of ether oxygens (including phenoxy) is 1. The topological polar surface area (TPSA) is 81.6 Å². The summed E-state index contributed by atoms with van der Waals surface area (Å²) in [5.74, 6) is 6.50. The van der Waals surface area contributed by atoms with Crippen LogP contribution in [0.3, 0.4) is 0 Å². The number of likely N-dealkylation sites (tertiary alicyclic amines) is 1. The number of hydrogen-bond acceptors (Lipinski definition) is 4. The zero-order chi connectivity index (χ0) is 15.2. The first-order valence-corrected chi connectivity index (χ1v) is 7.01. The Labute approximate surface area is 125 Å². The molecular weight excluding hydrogens is 266 g/mol. The third-order valence-electron chi connectivity index (χ3n) is 3.71. The first-order chi connectivity index (χ1) is 10.1. The number of carbonyl (C=O) groups excluding carboxylic acids is 1. The van der Waals surface area contributed by atoms with Crippen LogP contribution in [0.25, 0.3) is 0 Å². The van der Waals surface area contributed by atoms with Crippen LogP contribution in [0.15, 0.2) is 18.2 Å². The standard InChI is InChI=1S/C16H21N3O2/c1-21-15-5-4-12(3-2-7-17)14(9-15)11-19-8-6-13(10-19)16(18)20/h4-5,9,13H,6-8,10-11,17H2,1H3,(H2,18,20). The molecule has 1 heterocycles. The highest BCUT2D eigenvalue weighted by Crippen LogP contribution is 2.23. The van der Waals surface area contributed by atoms with Gasteiger partial charge < -0.3 is 16.2 Å². The van der Waals surface area contributed by atoms with Crippen molar-refractivity contribution in [3.63, 3.8) is 0 Å². The summed E-state index contributed by atoms with van der Waals surface area (Å²) < 4.78 is 5.27. The van der Waals surface area contributed by atoms with Crippen LogP contribution in [0.5, 0.6) is 5.75 Å². The van der Waals surface area contributed by atoms with Gasteiger partial charge in [-0.05, 0) is 36.7 Å². The minimum Gasteiger partial charge on any atom is -0.497 e. The highest BCUT2D eigenvalue weighted by Gasteiger charge is 2.26. The van der Waals surface area contributed by atoms with Gasteiger partial charge in [0.15, 0.2) is 0 Å². The molecule has 0 bridgehead atoms. The Kier molecular flexibility index (Phi) is 5.20. The average molecular weight is 287 g/mol. The molecule has 1 aromatic rings. The summed E-state index contributed by atoms with van der Waals surface area (Å²) in [7, 11) is 1.64. The molecule has 1 aromatic carbocycles. The number of nitrogens with two attached hydrogens (primary N) is 2. The van der Waals surface area contributed by atoms with Gasteiger partial charge in [0.25, 0.3) is 0 Å². The van der Waals surface area contributed by atoms with Gasteiger partial charge in [0.1, 0.15) is 5.75 Å². The van der Waals surface area contributed by atoms with Crippen molar-refractivity contribution in [1.29, 1.82) is 0 Å². The lowest BCUT2D eigenvalue weighted by molar-refractivity contribution is -0.121. The van der Waals surface area contributed by atoms with Crippen molar-refractivity contribution < 1.29 is 9.53 Å². The average Bonchev–Trinajstić information content (AvgIpc) is 2.94. The van der Waals surface area contributed by atoms with Crippen molar-refractivity contribution in [2.24, 2.45) is 17.4 Å². The Morgan fingerprint density at radius 3 is 2.95 bits per heavy atom. The number of methoxy groups -OCH3 is 1. The maximum atomic E-state index is 11.2. The van der Waals surface area contributed by atoms with Crippen molar-refractivity contribution in [2.75, 3.05) is 26.7 Å². The van der Waals surface area contributed by atoms with Crippen LogP contribution < -0.4 is 16.2 Å². The van der Waals surface area contributed by atoms with E-state index >= 15 is 0 Å². The number of hydrogen-bond donors (Lipinski definition) is 2. The van der Waals surface area contributed by atoms with Crippen LogP contribution in [-0.2, 0) is 11.3 Å². The van der Waals surface area contributed by atoms with Crippen LogP contribution in [-0.4, -0.2) is 37.6 Å². The Morgan fingerprint density at radius 1 is 1.52 bits per heavy atom. The molecule has 112 valence electrons. The van der Waals surface area contributed by atoms with E-state index in [0.717, 1.165) is 36.4 Å². The predicted octanol–water partition coefficient (Wildman–Crippen LogP) is 0.313. The van der Waals surface area contributed by atoms with Crippen LogP contribution in [0.2, 0.25) is 0 Å². The summed E-state index contributed by atoms with van der Waals surface area (Å²) in [6.07, 6.45) is 0.823. The normalized spacial score (nSPS) is 18.1. The molecule has 1 saturated heterocycles. The highest BCUT2D eigenvalue weighted by atomic mass is 16.5. The number of rotatable bonds is 4. The molecule has 1 amide bonds. The Bertz CT molecular complexity index is 575. The largest absolute Gasteiger partial charge is 0.497 e. The SMILES string of the molecule is COc1ccc(C#CCN)c(CN2CCC(C(N)=O)C2)c1. The highest BCUT2D eigenvalue weighted by molar-refractivity contribution is 5.77. The first-order valence-electron chi connectivity index (χ1n) is 7.01. The third-order valence-corrected chi connectivity index (χ3v) is 3.71. The summed E-state index contributed by atoms with van der Waals surface area (Å²) >= 11 is 0. The molecule has 0 radical (unpaired) electrons. The minimum absolute atomic E-state index is 0.0471. The van der Waals surface area contributed by atoms with E-state index in [4.69, 9.17) is 16.2 Å². The van der Waals surface area contributed by atoms with Crippen molar-refractivity contribution >= 4 is 5.91 Å². The van der Waals surface area contributed by atoms with E-state index in [-0.39, 0.29) is 11.8 Å². The van der Waals surface area contributed by atoms with Crippen molar-refractivity contribution in [2.45, 2.75) is 13.0 Å². The van der Waals surface area contributed by atoms with Crippen molar-refractivity contribution in [3.8, 4) is 17.6 Å². The number of primary amides is 1. The molecule has 5 heteroatoms. The monoisotopic (exact) mass is 287 g/mol. The molecule has 21 heavy (non-hydrogen) atoms. The fourth-order valence-corrected chi connectivity index (χ4v) is 2.55. The minimum atomic E-state index is -0.216. The van der Waals surface area contributed by atoms with Gasteiger partial charge in [0.2, 0.25) is 5.91 Å². The van der Waals surface area contributed by atoms with E-state index in [1.165, 1.54) is 0 Å². The molecule has 2 rings (SSSR count). The lowest BCUT2D eigenvalue weighted by Crippen LogP contribution is -2.27. The van der Waals surface area contributed by atoms with Gasteiger partial charge in [-0.3, -0.25) is 9.69 Å². The Morgan fingerprint density at radius 2 is 2.33 bits per heavy atom. The van der Waals surface area contributed by atoms with E-state index in [1.807, 2.05) is 18.2 Å². The molecule has 1 aliphatic heterocycles. The summed E-state index contributed by atoms with van der Waals surface area (Å²) in [5, 5.41) is 0. The summed E-state index contributed by atoms with van der Waals surface area (Å²) in [5.41, 5.74) is 12.8. The van der Waals surface area contributed by atoms with Gasteiger partial charge in [0.05, 0.1) is 19.6 Å². The van der Waals surface area contributed by atoms with E-state index in [2.05, 4.69) is 16.7 Å². The van der Waals surface area contributed by atoms with E-state index in [0.29, 0.717) is 13.1 Å². The molecule has 5 nitrogen and oxygen atoms in total. The molecule has 0 aliphatic carbocycles. The maximum absolute atomic E-state index is 11.2. The second-order valence-corrected chi connectivity index (χ2v) is 5.15. The van der Waals surface area contributed by atoms with E-state index < -0.39 is 0 Å². The van der Waals surface area contributed by atoms with Crippen LogP contribution >= 0.6 is 0 Å². The van der Waals surface area contributed by atoms with Crippen LogP contribution in [0.1, 0.15) is 17.5 Å². The zero-order valence-corrected chi connectivity index (χ0v) is 12.3. The lowest BCUT2D eigenvalue weighted by Gasteiger charge is -2.17. The van der Waals surface area contributed by atoms with Gasteiger partial charge in [0, 0.05) is 18.7 Å². The van der Waals surface area contributed by atoms with Gasteiger partial charge in [-0.2, -0.15) is 0 Å². The Balaban J connectivity index is 2.16. The van der Waals surface area contributed by atoms with Gasteiger partial charge in [-0.25, -0.2) is 0 Å². The zero-order valence-electron chi connectivity index (χ0n) is 12.3. The Hall–Kier alpha value is -2.03. The summed E-state index contributed by atoms with van der Waals surface area (Å²) in [6, 6.07) is 5.82. The number of nitrogens with zero attached hydrogens (tertiary/aromatic N) is 1. The van der Waals surface area contributed by atoms with Crippen LogP contribution in [0, 0.1) is 17.8 Å². The molecule has 0 spiro atoms.